The van der Waals surface area contributed by atoms with Crippen LogP contribution in [0.5, 0.6) is 0 Å². The number of carbonyl (C=O) groups excluding carboxylic acids is 2. The molecule has 2 amide bonds. The van der Waals surface area contributed by atoms with E-state index in [0.29, 0.717) is 11.4 Å². The number of benzene rings is 1. The number of anilines is 2. The van der Waals surface area contributed by atoms with Crippen molar-refractivity contribution in [3.8, 4) is 0 Å². The summed E-state index contributed by atoms with van der Waals surface area (Å²) in [5.41, 5.74) is 6.74. The van der Waals surface area contributed by atoms with Crippen molar-refractivity contribution in [1.29, 1.82) is 0 Å². The maximum atomic E-state index is 12.1. The number of carbonyl (C=O) groups is 2. The van der Waals surface area contributed by atoms with E-state index >= 15 is 0 Å². The molecule has 1 atom stereocenters. The third kappa shape index (κ3) is 5.53. The van der Waals surface area contributed by atoms with Crippen molar-refractivity contribution in [2.75, 3.05) is 24.4 Å². The lowest BCUT2D eigenvalue weighted by molar-refractivity contribution is -0.120. The van der Waals surface area contributed by atoms with Gasteiger partial charge in [0.2, 0.25) is 11.8 Å². The van der Waals surface area contributed by atoms with Crippen LogP contribution in [0.4, 0.5) is 11.4 Å². The molecule has 0 bridgehead atoms. The van der Waals surface area contributed by atoms with Gasteiger partial charge in [-0.2, -0.15) is 0 Å². The molecule has 0 radical (unpaired) electrons. The second kappa shape index (κ2) is 7.19. The van der Waals surface area contributed by atoms with Crippen molar-refractivity contribution >= 4 is 23.2 Å². The molecule has 6 heteroatoms. The summed E-state index contributed by atoms with van der Waals surface area (Å²) in [6.07, 6.45) is 0. The minimum Gasteiger partial charge on any atom is -0.375 e. The number of amides is 2. The Bertz CT molecular complexity index is 509. The Hall–Kier alpha value is -1.92. The van der Waals surface area contributed by atoms with Crippen molar-refractivity contribution < 1.29 is 14.3 Å². The van der Waals surface area contributed by atoms with E-state index in [0.717, 1.165) is 0 Å². The minimum atomic E-state index is -0.621. The molecule has 6 nitrogen and oxygen atoms in total. The van der Waals surface area contributed by atoms with Crippen LogP contribution in [-0.2, 0) is 14.3 Å². The van der Waals surface area contributed by atoms with E-state index in [1.54, 1.807) is 24.3 Å². The van der Waals surface area contributed by atoms with Crippen molar-refractivity contribution in [3.05, 3.63) is 24.3 Å². The van der Waals surface area contributed by atoms with E-state index in [4.69, 9.17) is 10.5 Å². The standard InChI is InChI=1S/C15H23N3O3/c1-15(2,3)13(16)14(20)18-11-7-5-6-10(8-11)17-12(19)9-21-4/h5-8,13H,9,16H2,1-4H3,(H,17,19)(H,18,20)/t13-/m1/s1. The lowest BCUT2D eigenvalue weighted by Crippen LogP contribution is -2.45. The fraction of sp³-hybridized carbons (Fsp3) is 0.467. The highest BCUT2D eigenvalue weighted by Crippen LogP contribution is 2.20. The first kappa shape index (κ1) is 17.1. The molecule has 0 aliphatic rings. The zero-order valence-electron chi connectivity index (χ0n) is 12.9. The van der Waals surface area contributed by atoms with Gasteiger partial charge in [-0.3, -0.25) is 9.59 Å². The van der Waals surface area contributed by atoms with E-state index in [1.165, 1.54) is 7.11 Å². The molecule has 0 aliphatic carbocycles. The van der Waals surface area contributed by atoms with Crippen LogP contribution in [0.1, 0.15) is 20.8 Å². The van der Waals surface area contributed by atoms with Crippen LogP contribution in [0.25, 0.3) is 0 Å². The lowest BCUT2D eigenvalue weighted by atomic mass is 9.87. The molecule has 0 aliphatic heterocycles. The van der Waals surface area contributed by atoms with Crippen LogP contribution < -0.4 is 16.4 Å². The fourth-order valence-electron chi connectivity index (χ4n) is 1.62. The van der Waals surface area contributed by atoms with Crippen LogP contribution >= 0.6 is 0 Å². The van der Waals surface area contributed by atoms with Crippen LogP contribution in [0, 0.1) is 5.41 Å². The normalized spacial score (nSPS) is 12.6. The summed E-state index contributed by atoms with van der Waals surface area (Å²) < 4.78 is 4.74. The predicted octanol–water partition coefficient (Wildman–Crippen LogP) is 1.58. The van der Waals surface area contributed by atoms with Crippen molar-refractivity contribution in [2.45, 2.75) is 26.8 Å². The number of methoxy groups -OCH3 is 1. The van der Waals surface area contributed by atoms with Crippen LogP contribution in [0.15, 0.2) is 24.3 Å². The minimum absolute atomic E-state index is 0.0223. The smallest absolute Gasteiger partial charge is 0.250 e. The number of nitrogens with one attached hydrogen (secondary N) is 2. The van der Waals surface area contributed by atoms with Gasteiger partial charge in [-0.1, -0.05) is 26.8 Å². The van der Waals surface area contributed by atoms with Crippen LogP contribution in [-0.4, -0.2) is 31.6 Å². The summed E-state index contributed by atoms with van der Waals surface area (Å²) in [5.74, 6) is -0.518. The Kier molecular flexibility index (Phi) is 5.87. The molecule has 0 heterocycles. The summed E-state index contributed by atoms with van der Waals surface area (Å²) in [4.78, 5) is 23.5. The Morgan fingerprint density at radius 1 is 1.24 bits per heavy atom. The number of rotatable bonds is 5. The maximum Gasteiger partial charge on any atom is 0.250 e. The topological polar surface area (TPSA) is 93.5 Å². The van der Waals surface area contributed by atoms with Gasteiger partial charge in [0.15, 0.2) is 0 Å². The van der Waals surface area contributed by atoms with Gasteiger partial charge in [-0.05, 0) is 23.6 Å². The molecule has 116 valence electrons. The summed E-state index contributed by atoms with van der Waals surface area (Å²) in [7, 11) is 1.45. The zero-order valence-corrected chi connectivity index (χ0v) is 12.9. The molecule has 0 unspecified atom stereocenters. The second-order valence-electron chi connectivity index (χ2n) is 5.89. The van der Waals surface area contributed by atoms with E-state index in [9.17, 15) is 9.59 Å². The molecule has 0 saturated heterocycles. The predicted molar refractivity (Wildman–Crippen MR) is 83.0 cm³/mol. The van der Waals surface area contributed by atoms with Crippen molar-refractivity contribution in [2.24, 2.45) is 11.1 Å². The molecule has 1 aromatic carbocycles. The van der Waals surface area contributed by atoms with Crippen LogP contribution in [0.2, 0.25) is 0 Å². The highest BCUT2D eigenvalue weighted by molar-refractivity contribution is 5.97. The maximum absolute atomic E-state index is 12.1. The molecular formula is C15H23N3O3. The molecule has 0 saturated carbocycles. The molecule has 0 aromatic heterocycles. The molecular weight excluding hydrogens is 270 g/mol. The molecule has 1 rings (SSSR count). The first-order valence-corrected chi connectivity index (χ1v) is 6.69. The molecule has 1 aromatic rings. The Balaban J connectivity index is 2.73. The van der Waals surface area contributed by atoms with Crippen molar-refractivity contribution in [3.63, 3.8) is 0 Å². The van der Waals surface area contributed by atoms with E-state index in [2.05, 4.69) is 10.6 Å². The first-order valence-electron chi connectivity index (χ1n) is 6.69. The van der Waals surface area contributed by atoms with E-state index < -0.39 is 6.04 Å². The van der Waals surface area contributed by atoms with Gasteiger partial charge in [0.05, 0.1) is 6.04 Å². The van der Waals surface area contributed by atoms with Gasteiger partial charge in [-0.15, -0.1) is 0 Å². The third-order valence-corrected chi connectivity index (χ3v) is 2.90. The molecule has 0 fully saturated rings. The summed E-state index contributed by atoms with van der Waals surface area (Å²) in [6.45, 7) is 5.68. The summed E-state index contributed by atoms with van der Waals surface area (Å²) >= 11 is 0. The highest BCUT2D eigenvalue weighted by Gasteiger charge is 2.27. The largest absolute Gasteiger partial charge is 0.375 e. The molecule has 0 spiro atoms. The van der Waals surface area contributed by atoms with E-state index in [-0.39, 0.29) is 23.8 Å². The number of hydrogen-bond acceptors (Lipinski definition) is 4. The highest BCUT2D eigenvalue weighted by atomic mass is 16.5. The number of hydrogen-bond donors (Lipinski definition) is 3. The lowest BCUT2D eigenvalue weighted by Gasteiger charge is -2.25. The Labute approximate surface area is 125 Å². The SMILES string of the molecule is COCC(=O)Nc1cccc(NC(=O)[C@@H](N)C(C)(C)C)c1. The van der Waals surface area contributed by atoms with Crippen molar-refractivity contribution in [1.82, 2.24) is 0 Å². The van der Waals surface area contributed by atoms with Gasteiger partial charge >= 0.3 is 0 Å². The first-order chi connectivity index (χ1) is 9.74. The van der Waals surface area contributed by atoms with Gasteiger partial charge in [0.1, 0.15) is 6.61 Å². The quantitative estimate of drug-likeness (QED) is 0.768. The van der Waals surface area contributed by atoms with Gasteiger partial charge < -0.3 is 21.1 Å². The third-order valence-electron chi connectivity index (χ3n) is 2.90. The number of nitrogens with two attached hydrogens (primary N) is 1. The summed E-state index contributed by atoms with van der Waals surface area (Å²) in [6, 6.07) is 6.25. The number of ether oxygens (including phenoxy) is 1. The Morgan fingerprint density at radius 2 is 1.81 bits per heavy atom. The fourth-order valence-corrected chi connectivity index (χ4v) is 1.62. The van der Waals surface area contributed by atoms with Crippen LogP contribution in [0.3, 0.4) is 0 Å². The summed E-state index contributed by atoms with van der Waals surface area (Å²) in [5, 5.41) is 5.42. The average molecular weight is 293 g/mol. The average Bonchev–Trinajstić information content (AvgIpc) is 2.37. The van der Waals surface area contributed by atoms with Gasteiger partial charge in [0, 0.05) is 18.5 Å². The second-order valence-corrected chi connectivity index (χ2v) is 5.89. The monoisotopic (exact) mass is 293 g/mol. The van der Waals surface area contributed by atoms with E-state index in [1.807, 2.05) is 20.8 Å². The van der Waals surface area contributed by atoms with Gasteiger partial charge in [0.25, 0.3) is 0 Å². The molecule has 4 N–H and O–H groups in total. The molecule has 21 heavy (non-hydrogen) atoms. The Morgan fingerprint density at radius 3 is 2.33 bits per heavy atom. The zero-order chi connectivity index (χ0) is 16.0. The van der Waals surface area contributed by atoms with Gasteiger partial charge in [-0.25, -0.2) is 0 Å².